The Hall–Kier alpha value is -0.570. The van der Waals surface area contributed by atoms with Gasteiger partial charge in [0.15, 0.2) is 0 Å². The Balaban J connectivity index is 2.21. The quantitative estimate of drug-likeness (QED) is 0.687. The van der Waals surface area contributed by atoms with Crippen LogP contribution >= 0.6 is 0 Å². The lowest BCUT2D eigenvalue weighted by Crippen LogP contribution is -2.46. The van der Waals surface area contributed by atoms with Crippen LogP contribution in [-0.2, 0) is 4.79 Å². The molecule has 1 aliphatic carbocycles. The van der Waals surface area contributed by atoms with Crippen molar-refractivity contribution in [2.75, 3.05) is 0 Å². The molecule has 3 atom stereocenters. The van der Waals surface area contributed by atoms with Gasteiger partial charge >= 0.3 is 0 Å². The van der Waals surface area contributed by atoms with E-state index in [9.17, 15) is 9.90 Å². The minimum atomic E-state index is -0.338. The number of carbonyl (C=O) groups is 1. The summed E-state index contributed by atoms with van der Waals surface area (Å²) >= 11 is 0. The molecule has 1 rings (SSSR count). The molecule has 1 saturated carbocycles. The number of unbranched alkanes of at least 4 members (excludes halogenated alkanes) is 3. The summed E-state index contributed by atoms with van der Waals surface area (Å²) in [4.78, 5) is 12.0. The van der Waals surface area contributed by atoms with Crippen LogP contribution in [0.4, 0.5) is 0 Å². The van der Waals surface area contributed by atoms with Gasteiger partial charge in [-0.25, -0.2) is 0 Å². The maximum absolute atomic E-state index is 12.0. The van der Waals surface area contributed by atoms with Gasteiger partial charge < -0.3 is 10.4 Å². The van der Waals surface area contributed by atoms with E-state index >= 15 is 0 Å². The summed E-state index contributed by atoms with van der Waals surface area (Å²) < 4.78 is 0. The highest BCUT2D eigenvalue weighted by atomic mass is 16.3. The summed E-state index contributed by atoms with van der Waals surface area (Å²) in [5, 5.41) is 12.9. The summed E-state index contributed by atoms with van der Waals surface area (Å²) in [6.45, 7) is 4.19. The lowest BCUT2D eigenvalue weighted by atomic mass is 9.92. The molecule has 0 aromatic carbocycles. The fourth-order valence-electron chi connectivity index (χ4n) is 2.61. The van der Waals surface area contributed by atoms with E-state index < -0.39 is 0 Å². The Morgan fingerprint density at radius 1 is 1.28 bits per heavy atom. The van der Waals surface area contributed by atoms with E-state index in [1.807, 2.05) is 6.92 Å². The molecule has 0 saturated heterocycles. The molecule has 3 unspecified atom stereocenters. The smallest absolute Gasteiger partial charge is 0.223 e. The minimum Gasteiger partial charge on any atom is -0.391 e. The summed E-state index contributed by atoms with van der Waals surface area (Å²) in [6, 6.07) is -0.00987. The van der Waals surface area contributed by atoms with Crippen LogP contribution in [0, 0.1) is 5.92 Å². The zero-order chi connectivity index (χ0) is 13.4. The Morgan fingerprint density at radius 3 is 2.67 bits per heavy atom. The molecule has 0 aromatic heterocycles. The molecule has 3 heteroatoms. The van der Waals surface area contributed by atoms with Gasteiger partial charge in [0.25, 0.3) is 0 Å². The third-order valence-electron chi connectivity index (χ3n) is 4.00. The number of rotatable bonds is 7. The summed E-state index contributed by atoms with van der Waals surface area (Å²) in [7, 11) is 0. The van der Waals surface area contributed by atoms with Crippen molar-refractivity contribution in [3.63, 3.8) is 0 Å². The van der Waals surface area contributed by atoms with E-state index in [1.54, 1.807) is 0 Å². The van der Waals surface area contributed by atoms with Crippen LogP contribution in [0.2, 0.25) is 0 Å². The van der Waals surface area contributed by atoms with Gasteiger partial charge in [0.1, 0.15) is 0 Å². The van der Waals surface area contributed by atoms with Crippen molar-refractivity contribution >= 4 is 5.91 Å². The fraction of sp³-hybridized carbons (Fsp3) is 0.933. The summed E-state index contributed by atoms with van der Waals surface area (Å²) in [5.74, 6) is 0.202. The molecule has 0 spiro atoms. The first kappa shape index (κ1) is 15.5. The van der Waals surface area contributed by atoms with Gasteiger partial charge in [-0.2, -0.15) is 0 Å². The van der Waals surface area contributed by atoms with Gasteiger partial charge in [0.05, 0.1) is 12.1 Å². The van der Waals surface area contributed by atoms with Crippen LogP contribution in [0.5, 0.6) is 0 Å². The largest absolute Gasteiger partial charge is 0.391 e. The molecular weight excluding hydrogens is 226 g/mol. The zero-order valence-electron chi connectivity index (χ0n) is 12.0. The number of amides is 1. The maximum atomic E-state index is 12.0. The number of hydrogen-bond acceptors (Lipinski definition) is 2. The second kappa shape index (κ2) is 8.52. The molecule has 1 aliphatic rings. The number of carbonyl (C=O) groups excluding carboxylic acids is 1. The first-order valence-electron chi connectivity index (χ1n) is 7.63. The average Bonchev–Trinajstić information content (AvgIpc) is 2.37. The van der Waals surface area contributed by atoms with Crippen molar-refractivity contribution < 1.29 is 9.90 Å². The molecule has 0 bridgehead atoms. The Morgan fingerprint density at radius 2 is 2.00 bits per heavy atom. The van der Waals surface area contributed by atoms with Gasteiger partial charge in [-0.05, 0) is 19.3 Å². The molecular formula is C15H29NO2. The molecule has 1 fully saturated rings. The van der Waals surface area contributed by atoms with Crippen molar-refractivity contribution in [1.29, 1.82) is 0 Å². The van der Waals surface area contributed by atoms with Gasteiger partial charge in [0.2, 0.25) is 5.91 Å². The number of hydrogen-bond donors (Lipinski definition) is 2. The second-order valence-electron chi connectivity index (χ2n) is 5.72. The zero-order valence-corrected chi connectivity index (χ0v) is 12.0. The molecule has 0 aromatic rings. The molecule has 0 heterocycles. The topological polar surface area (TPSA) is 49.3 Å². The lowest BCUT2D eigenvalue weighted by Gasteiger charge is -2.29. The highest BCUT2D eigenvalue weighted by molar-refractivity contribution is 5.78. The van der Waals surface area contributed by atoms with Crippen LogP contribution in [0.15, 0.2) is 0 Å². The maximum Gasteiger partial charge on any atom is 0.223 e. The van der Waals surface area contributed by atoms with Crippen molar-refractivity contribution in [3.05, 3.63) is 0 Å². The third-order valence-corrected chi connectivity index (χ3v) is 4.00. The van der Waals surface area contributed by atoms with Crippen molar-refractivity contribution in [3.8, 4) is 0 Å². The first-order valence-corrected chi connectivity index (χ1v) is 7.63. The molecule has 18 heavy (non-hydrogen) atoms. The standard InChI is InChI=1S/C15H29NO2/c1-3-4-5-6-9-12(2)15(18)16-13-10-7-8-11-14(13)17/h12-14,17H,3-11H2,1-2H3,(H,16,18). The van der Waals surface area contributed by atoms with Crippen LogP contribution in [0.25, 0.3) is 0 Å². The van der Waals surface area contributed by atoms with Crippen molar-refractivity contribution in [2.24, 2.45) is 5.92 Å². The fourth-order valence-corrected chi connectivity index (χ4v) is 2.61. The van der Waals surface area contributed by atoms with Crippen LogP contribution in [0.1, 0.15) is 71.6 Å². The minimum absolute atomic E-state index is 0.00987. The molecule has 0 radical (unpaired) electrons. The van der Waals surface area contributed by atoms with Gasteiger partial charge in [0, 0.05) is 5.92 Å². The molecule has 1 amide bonds. The Kier molecular flexibility index (Phi) is 7.33. The lowest BCUT2D eigenvalue weighted by molar-refractivity contribution is -0.126. The predicted octanol–water partition coefficient (Wildman–Crippen LogP) is 3.01. The van der Waals surface area contributed by atoms with Gasteiger partial charge in [-0.1, -0.05) is 52.4 Å². The van der Waals surface area contributed by atoms with E-state index in [0.717, 1.165) is 38.5 Å². The third kappa shape index (κ3) is 5.38. The van der Waals surface area contributed by atoms with Crippen molar-refractivity contribution in [2.45, 2.75) is 83.8 Å². The van der Waals surface area contributed by atoms with Crippen LogP contribution < -0.4 is 5.32 Å². The second-order valence-corrected chi connectivity index (χ2v) is 5.72. The van der Waals surface area contributed by atoms with E-state index in [2.05, 4.69) is 12.2 Å². The molecule has 0 aliphatic heterocycles. The van der Waals surface area contributed by atoms with E-state index in [-0.39, 0.29) is 24.0 Å². The predicted molar refractivity (Wildman–Crippen MR) is 74.3 cm³/mol. The highest BCUT2D eigenvalue weighted by Crippen LogP contribution is 2.19. The molecule has 3 nitrogen and oxygen atoms in total. The Bertz CT molecular complexity index is 243. The van der Waals surface area contributed by atoms with E-state index in [1.165, 1.54) is 19.3 Å². The van der Waals surface area contributed by atoms with Crippen molar-refractivity contribution in [1.82, 2.24) is 5.32 Å². The van der Waals surface area contributed by atoms with Gasteiger partial charge in [-0.3, -0.25) is 4.79 Å². The number of aliphatic hydroxyl groups excluding tert-OH is 1. The Labute approximate surface area is 111 Å². The number of aliphatic hydroxyl groups is 1. The summed E-state index contributed by atoms with van der Waals surface area (Å²) in [6.07, 6.45) is 9.43. The average molecular weight is 255 g/mol. The number of nitrogens with one attached hydrogen (secondary N) is 1. The molecule has 2 N–H and O–H groups in total. The van der Waals surface area contributed by atoms with Crippen LogP contribution in [0.3, 0.4) is 0 Å². The van der Waals surface area contributed by atoms with E-state index in [4.69, 9.17) is 0 Å². The monoisotopic (exact) mass is 255 g/mol. The van der Waals surface area contributed by atoms with Crippen LogP contribution in [-0.4, -0.2) is 23.2 Å². The summed E-state index contributed by atoms with van der Waals surface area (Å²) in [5.41, 5.74) is 0. The SMILES string of the molecule is CCCCCCC(C)C(=O)NC1CCCCC1O. The first-order chi connectivity index (χ1) is 8.65. The van der Waals surface area contributed by atoms with Gasteiger partial charge in [-0.15, -0.1) is 0 Å². The van der Waals surface area contributed by atoms with E-state index in [0.29, 0.717) is 0 Å². The molecule has 106 valence electrons. The highest BCUT2D eigenvalue weighted by Gasteiger charge is 2.25. The normalized spacial score (nSPS) is 25.7.